The standard InChI is InChI=1S/C18H19ClN6O.ClH/c19-15-13-14(3-4-16(15)24-11-1-7-21-24)23-17(26)18(5-9-20-10-6-18)25-12-2-8-22-25;/h1-4,7-8,11-13,20H,5-6,9-10H2,(H,23,26);1H. The number of aromatic nitrogens is 4. The molecule has 1 aliphatic rings. The largest absolute Gasteiger partial charge is 0.324 e. The Morgan fingerprint density at radius 2 is 1.89 bits per heavy atom. The van der Waals surface area contributed by atoms with Crippen LogP contribution in [0.1, 0.15) is 12.8 Å². The highest BCUT2D eigenvalue weighted by Gasteiger charge is 2.42. The Labute approximate surface area is 168 Å². The van der Waals surface area contributed by atoms with Gasteiger partial charge in [-0.1, -0.05) is 11.6 Å². The molecule has 1 fully saturated rings. The Morgan fingerprint density at radius 1 is 1.15 bits per heavy atom. The van der Waals surface area contributed by atoms with E-state index in [1.54, 1.807) is 27.8 Å². The SMILES string of the molecule is Cl.O=C(Nc1ccc(-n2cccn2)c(Cl)c1)C1(n2cccn2)CCNCC1. The van der Waals surface area contributed by atoms with Gasteiger partial charge in [0.1, 0.15) is 5.54 Å². The van der Waals surface area contributed by atoms with Crippen molar-refractivity contribution in [3.05, 3.63) is 60.1 Å². The number of carbonyl (C=O) groups is 1. The molecule has 0 aliphatic carbocycles. The van der Waals surface area contributed by atoms with Gasteiger partial charge < -0.3 is 10.6 Å². The third kappa shape index (κ3) is 3.71. The van der Waals surface area contributed by atoms with E-state index in [0.29, 0.717) is 23.6 Å². The van der Waals surface area contributed by atoms with Gasteiger partial charge in [-0.15, -0.1) is 12.4 Å². The number of halogens is 2. The number of rotatable bonds is 4. The van der Waals surface area contributed by atoms with E-state index in [9.17, 15) is 4.79 Å². The van der Waals surface area contributed by atoms with Gasteiger partial charge in [0.2, 0.25) is 0 Å². The molecule has 0 bridgehead atoms. The van der Waals surface area contributed by atoms with Crippen molar-refractivity contribution in [2.75, 3.05) is 18.4 Å². The topological polar surface area (TPSA) is 76.8 Å². The normalized spacial score (nSPS) is 15.7. The number of nitrogens with zero attached hydrogens (tertiary/aromatic N) is 4. The average Bonchev–Trinajstić information content (AvgIpc) is 3.36. The quantitative estimate of drug-likeness (QED) is 0.698. The smallest absolute Gasteiger partial charge is 0.252 e. The molecule has 0 atom stereocenters. The van der Waals surface area contributed by atoms with Gasteiger partial charge in [-0.3, -0.25) is 9.48 Å². The first-order chi connectivity index (χ1) is 12.7. The summed E-state index contributed by atoms with van der Waals surface area (Å²) in [6, 6.07) is 9.09. The number of nitrogens with one attached hydrogen (secondary N) is 2. The van der Waals surface area contributed by atoms with Crippen LogP contribution in [0.25, 0.3) is 5.69 Å². The predicted molar refractivity (Wildman–Crippen MR) is 107 cm³/mol. The molecule has 0 saturated carbocycles. The number of hydrogen-bond acceptors (Lipinski definition) is 4. The summed E-state index contributed by atoms with van der Waals surface area (Å²) >= 11 is 6.38. The third-order valence-electron chi connectivity index (χ3n) is 4.75. The van der Waals surface area contributed by atoms with Crippen LogP contribution >= 0.6 is 24.0 Å². The fourth-order valence-corrected chi connectivity index (χ4v) is 3.62. The fourth-order valence-electron chi connectivity index (χ4n) is 3.35. The lowest BCUT2D eigenvalue weighted by Gasteiger charge is -2.36. The zero-order valence-electron chi connectivity index (χ0n) is 14.5. The molecule has 7 nitrogen and oxygen atoms in total. The maximum atomic E-state index is 13.2. The highest BCUT2D eigenvalue weighted by Crippen LogP contribution is 2.30. The number of piperidine rings is 1. The monoisotopic (exact) mass is 406 g/mol. The van der Waals surface area contributed by atoms with Crippen LogP contribution in [0.4, 0.5) is 5.69 Å². The lowest BCUT2D eigenvalue weighted by atomic mass is 9.87. The molecule has 1 aromatic carbocycles. The Morgan fingerprint density at radius 3 is 2.52 bits per heavy atom. The number of amides is 1. The summed E-state index contributed by atoms with van der Waals surface area (Å²) in [6.07, 6.45) is 8.42. The molecule has 2 aromatic heterocycles. The van der Waals surface area contributed by atoms with E-state index in [2.05, 4.69) is 20.8 Å². The molecule has 2 N–H and O–H groups in total. The van der Waals surface area contributed by atoms with E-state index in [0.717, 1.165) is 18.8 Å². The van der Waals surface area contributed by atoms with Crippen molar-refractivity contribution in [2.24, 2.45) is 0 Å². The van der Waals surface area contributed by atoms with Crippen molar-refractivity contribution in [1.29, 1.82) is 0 Å². The second-order valence-corrected chi connectivity index (χ2v) is 6.71. The number of hydrogen-bond donors (Lipinski definition) is 2. The van der Waals surface area contributed by atoms with E-state index >= 15 is 0 Å². The zero-order chi connectivity index (χ0) is 18.0. The minimum atomic E-state index is -0.693. The molecule has 1 saturated heterocycles. The molecular formula is C18H20Cl2N6O. The van der Waals surface area contributed by atoms with Gasteiger partial charge in [0.25, 0.3) is 5.91 Å². The fraction of sp³-hybridized carbons (Fsp3) is 0.278. The van der Waals surface area contributed by atoms with E-state index in [4.69, 9.17) is 11.6 Å². The third-order valence-corrected chi connectivity index (χ3v) is 5.06. The molecule has 3 heterocycles. The van der Waals surface area contributed by atoms with E-state index in [1.165, 1.54) is 0 Å². The first-order valence-corrected chi connectivity index (χ1v) is 8.89. The second kappa shape index (κ2) is 8.12. The minimum Gasteiger partial charge on any atom is -0.324 e. The zero-order valence-corrected chi connectivity index (χ0v) is 16.1. The first-order valence-electron chi connectivity index (χ1n) is 8.51. The van der Waals surface area contributed by atoms with Crippen LogP contribution in [0.15, 0.2) is 55.1 Å². The van der Waals surface area contributed by atoms with Crippen molar-refractivity contribution in [1.82, 2.24) is 24.9 Å². The van der Waals surface area contributed by atoms with Crippen LogP contribution < -0.4 is 10.6 Å². The van der Waals surface area contributed by atoms with Crippen molar-refractivity contribution >= 4 is 35.6 Å². The summed E-state index contributed by atoms with van der Waals surface area (Å²) in [5, 5.41) is 15.3. The maximum Gasteiger partial charge on any atom is 0.252 e. The number of carbonyl (C=O) groups excluding carboxylic acids is 1. The van der Waals surface area contributed by atoms with Crippen LogP contribution in [-0.2, 0) is 10.3 Å². The Hall–Kier alpha value is -2.35. The second-order valence-electron chi connectivity index (χ2n) is 6.30. The summed E-state index contributed by atoms with van der Waals surface area (Å²) in [4.78, 5) is 13.2. The van der Waals surface area contributed by atoms with Crippen LogP contribution in [0.5, 0.6) is 0 Å². The maximum absolute atomic E-state index is 13.2. The average molecular weight is 407 g/mol. The van der Waals surface area contributed by atoms with Gasteiger partial charge in [0.15, 0.2) is 0 Å². The Kier molecular flexibility index (Phi) is 5.84. The molecular weight excluding hydrogens is 387 g/mol. The summed E-state index contributed by atoms with van der Waals surface area (Å²) in [5.41, 5.74) is 0.723. The molecule has 4 rings (SSSR count). The van der Waals surface area contributed by atoms with Gasteiger partial charge in [-0.2, -0.15) is 10.2 Å². The molecule has 9 heteroatoms. The molecule has 1 aliphatic heterocycles. The Balaban J connectivity index is 0.00000210. The van der Waals surface area contributed by atoms with Gasteiger partial charge in [-0.05, 0) is 56.3 Å². The molecule has 27 heavy (non-hydrogen) atoms. The van der Waals surface area contributed by atoms with Crippen LogP contribution in [0.2, 0.25) is 5.02 Å². The lowest BCUT2D eigenvalue weighted by Crippen LogP contribution is -2.52. The van der Waals surface area contributed by atoms with Crippen LogP contribution in [-0.4, -0.2) is 38.6 Å². The summed E-state index contributed by atoms with van der Waals surface area (Å²) < 4.78 is 3.45. The van der Waals surface area contributed by atoms with Gasteiger partial charge in [0, 0.05) is 30.5 Å². The van der Waals surface area contributed by atoms with Crippen molar-refractivity contribution in [2.45, 2.75) is 18.4 Å². The molecule has 0 unspecified atom stereocenters. The van der Waals surface area contributed by atoms with Crippen molar-refractivity contribution in [3.8, 4) is 5.69 Å². The van der Waals surface area contributed by atoms with Gasteiger partial charge in [0.05, 0.1) is 10.7 Å². The van der Waals surface area contributed by atoms with E-state index < -0.39 is 5.54 Å². The highest BCUT2D eigenvalue weighted by atomic mass is 35.5. The molecule has 1 amide bonds. The van der Waals surface area contributed by atoms with Gasteiger partial charge in [-0.25, -0.2) is 4.68 Å². The molecule has 0 spiro atoms. The number of benzene rings is 1. The predicted octanol–water partition coefficient (Wildman–Crippen LogP) is 2.86. The Bertz CT molecular complexity index is 889. The summed E-state index contributed by atoms with van der Waals surface area (Å²) in [6.45, 7) is 1.54. The molecule has 3 aromatic rings. The molecule has 0 radical (unpaired) electrons. The van der Waals surface area contributed by atoms with Crippen molar-refractivity contribution in [3.63, 3.8) is 0 Å². The minimum absolute atomic E-state index is 0. The number of anilines is 1. The summed E-state index contributed by atoms with van der Waals surface area (Å²) in [7, 11) is 0. The summed E-state index contributed by atoms with van der Waals surface area (Å²) in [5.74, 6) is -0.0781. The van der Waals surface area contributed by atoms with Crippen LogP contribution in [0.3, 0.4) is 0 Å². The van der Waals surface area contributed by atoms with E-state index in [1.807, 2.05) is 36.7 Å². The highest BCUT2D eigenvalue weighted by molar-refractivity contribution is 6.32. The van der Waals surface area contributed by atoms with E-state index in [-0.39, 0.29) is 18.3 Å². The first kappa shape index (κ1) is 19.4. The van der Waals surface area contributed by atoms with Gasteiger partial charge >= 0.3 is 0 Å². The molecule has 142 valence electrons. The van der Waals surface area contributed by atoms with Crippen LogP contribution in [0, 0.1) is 0 Å². The lowest BCUT2D eigenvalue weighted by molar-refractivity contribution is -0.126. The van der Waals surface area contributed by atoms with Crippen molar-refractivity contribution < 1.29 is 4.79 Å².